The molecule has 2 heterocycles. The summed E-state index contributed by atoms with van der Waals surface area (Å²) < 4.78 is 79.4. The lowest BCUT2D eigenvalue weighted by Crippen LogP contribution is -2.17. The second-order valence-electron chi connectivity index (χ2n) is 5.53. The van der Waals surface area contributed by atoms with Gasteiger partial charge in [0.15, 0.2) is 11.3 Å². The lowest BCUT2D eigenvalue weighted by Gasteiger charge is -2.11. The van der Waals surface area contributed by atoms with Gasteiger partial charge in [-0.2, -0.15) is 26.3 Å². The Bertz CT molecular complexity index is 1030. The molecule has 0 saturated carbocycles. The van der Waals surface area contributed by atoms with Crippen molar-refractivity contribution in [3.63, 3.8) is 0 Å². The normalized spacial score (nSPS) is 12.1. The molecule has 3 aromatic rings. The van der Waals surface area contributed by atoms with Crippen LogP contribution in [0.15, 0.2) is 18.2 Å². The quantitative estimate of drug-likeness (QED) is 0.522. The van der Waals surface area contributed by atoms with Crippen LogP contribution in [0, 0.1) is 0 Å². The number of halogens is 7. The number of fused-ring (bicyclic) bond motifs is 1. The standard InChI is InChI=1S/C15H10ClF6N5.C2H6/c1-2-6-3-4-7(16)8(5-6)27-11(23)9-10(14(17,18)19)24-13(15(20,21)22)25-12(9)26-27;1-2/h3-5H,2,23H2,1H3;1-2H3. The van der Waals surface area contributed by atoms with E-state index in [9.17, 15) is 26.3 Å². The number of alkyl halides is 6. The molecule has 158 valence electrons. The maximum atomic E-state index is 13.3. The second-order valence-corrected chi connectivity index (χ2v) is 5.93. The molecule has 3 rings (SSSR count). The molecule has 1 aromatic carbocycles. The van der Waals surface area contributed by atoms with Crippen LogP contribution in [0.5, 0.6) is 0 Å². The molecular weight excluding hydrogens is 424 g/mol. The van der Waals surface area contributed by atoms with E-state index in [0.717, 1.165) is 10.2 Å². The first-order chi connectivity index (χ1) is 13.4. The Balaban J connectivity index is 0.00000145. The molecule has 0 atom stereocenters. The number of nitrogen functional groups attached to an aromatic ring is 1. The Morgan fingerprint density at radius 3 is 2.17 bits per heavy atom. The van der Waals surface area contributed by atoms with Crippen LogP contribution in [0.1, 0.15) is 37.9 Å². The number of rotatable bonds is 2. The number of anilines is 1. The topological polar surface area (TPSA) is 69.6 Å². The van der Waals surface area contributed by atoms with Crippen molar-refractivity contribution in [3.05, 3.63) is 40.3 Å². The van der Waals surface area contributed by atoms with Gasteiger partial charge in [0.25, 0.3) is 0 Å². The minimum absolute atomic E-state index is 0.101. The molecular formula is C17H16ClF6N5. The van der Waals surface area contributed by atoms with Crippen molar-refractivity contribution in [2.24, 2.45) is 0 Å². The van der Waals surface area contributed by atoms with Crippen molar-refractivity contribution < 1.29 is 26.3 Å². The van der Waals surface area contributed by atoms with Crippen LogP contribution in [-0.4, -0.2) is 19.7 Å². The number of hydrogen-bond acceptors (Lipinski definition) is 4. The predicted molar refractivity (Wildman–Crippen MR) is 96.8 cm³/mol. The van der Waals surface area contributed by atoms with Gasteiger partial charge >= 0.3 is 12.4 Å². The number of nitrogens with two attached hydrogens (primary N) is 1. The van der Waals surface area contributed by atoms with Crippen LogP contribution < -0.4 is 5.73 Å². The monoisotopic (exact) mass is 439 g/mol. The molecule has 5 nitrogen and oxygen atoms in total. The minimum atomic E-state index is -5.20. The second kappa shape index (κ2) is 8.05. The van der Waals surface area contributed by atoms with Gasteiger partial charge in [0.2, 0.25) is 5.82 Å². The van der Waals surface area contributed by atoms with Crippen LogP contribution in [0.4, 0.5) is 32.2 Å². The first kappa shape index (κ1) is 22.7. The Labute approximate surface area is 166 Å². The van der Waals surface area contributed by atoms with Crippen molar-refractivity contribution >= 4 is 28.5 Å². The smallest absolute Gasteiger partial charge is 0.383 e. The molecule has 12 heteroatoms. The largest absolute Gasteiger partial charge is 0.451 e. The molecule has 0 aliphatic carbocycles. The summed E-state index contributed by atoms with van der Waals surface area (Å²) in [5, 5.41) is 3.00. The fraction of sp³-hybridized carbons (Fsp3) is 0.353. The fourth-order valence-electron chi connectivity index (χ4n) is 2.47. The third-order valence-corrected chi connectivity index (χ3v) is 4.06. The first-order valence-corrected chi connectivity index (χ1v) is 8.80. The molecule has 2 aromatic heterocycles. The Morgan fingerprint density at radius 2 is 1.66 bits per heavy atom. The summed E-state index contributed by atoms with van der Waals surface area (Å²) in [4.78, 5) is 5.75. The summed E-state index contributed by atoms with van der Waals surface area (Å²) in [6.07, 6.45) is -9.80. The highest BCUT2D eigenvalue weighted by molar-refractivity contribution is 6.32. The van der Waals surface area contributed by atoms with Gasteiger partial charge in [0.1, 0.15) is 5.82 Å². The van der Waals surface area contributed by atoms with Crippen molar-refractivity contribution in [1.29, 1.82) is 0 Å². The lowest BCUT2D eigenvalue weighted by molar-refractivity contribution is -0.151. The van der Waals surface area contributed by atoms with Crippen molar-refractivity contribution in [3.8, 4) is 5.69 Å². The third kappa shape index (κ3) is 4.39. The Hall–Kier alpha value is -2.56. The molecule has 0 bridgehead atoms. The van der Waals surface area contributed by atoms with Crippen LogP contribution in [0.3, 0.4) is 0 Å². The molecule has 0 radical (unpaired) electrons. The number of aromatic nitrogens is 4. The van der Waals surface area contributed by atoms with Crippen LogP contribution in [0.25, 0.3) is 16.7 Å². The molecule has 29 heavy (non-hydrogen) atoms. The third-order valence-electron chi connectivity index (χ3n) is 3.74. The highest BCUT2D eigenvalue weighted by Crippen LogP contribution is 2.39. The highest BCUT2D eigenvalue weighted by atomic mass is 35.5. The molecule has 0 spiro atoms. The Kier molecular flexibility index (Phi) is 6.31. The van der Waals surface area contributed by atoms with Crippen LogP contribution >= 0.6 is 11.6 Å². The number of hydrogen-bond donors (Lipinski definition) is 1. The van der Waals surface area contributed by atoms with E-state index in [2.05, 4.69) is 15.1 Å². The van der Waals surface area contributed by atoms with Crippen LogP contribution in [0.2, 0.25) is 5.02 Å². The molecule has 0 aliphatic rings. The summed E-state index contributed by atoms with van der Waals surface area (Å²) >= 11 is 6.07. The summed E-state index contributed by atoms with van der Waals surface area (Å²) in [5.74, 6) is -2.53. The highest BCUT2D eigenvalue weighted by Gasteiger charge is 2.43. The zero-order valence-electron chi connectivity index (χ0n) is 15.5. The predicted octanol–water partition coefficient (Wildman–Crippen LogP) is 5.68. The maximum Gasteiger partial charge on any atom is 0.451 e. The molecule has 0 fully saturated rings. The van der Waals surface area contributed by atoms with E-state index in [4.69, 9.17) is 17.3 Å². The Morgan fingerprint density at radius 1 is 1.03 bits per heavy atom. The zero-order valence-corrected chi connectivity index (χ0v) is 16.2. The van der Waals surface area contributed by atoms with E-state index in [-0.39, 0.29) is 10.7 Å². The molecule has 2 N–H and O–H groups in total. The number of aryl methyl sites for hydroxylation is 1. The van der Waals surface area contributed by atoms with Gasteiger partial charge in [0.05, 0.1) is 16.1 Å². The maximum absolute atomic E-state index is 13.3. The summed E-state index contributed by atoms with van der Waals surface area (Å²) in [6.45, 7) is 5.83. The van der Waals surface area contributed by atoms with Gasteiger partial charge < -0.3 is 5.73 Å². The minimum Gasteiger partial charge on any atom is -0.383 e. The average Bonchev–Trinajstić information content (AvgIpc) is 2.98. The summed E-state index contributed by atoms with van der Waals surface area (Å²) in [6, 6.07) is 4.70. The van der Waals surface area contributed by atoms with Gasteiger partial charge in [-0.3, -0.25) is 0 Å². The lowest BCUT2D eigenvalue weighted by atomic mass is 10.1. The number of nitrogens with zero attached hydrogens (tertiary/aromatic N) is 4. The summed E-state index contributed by atoms with van der Waals surface area (Å²) in [5.41, 5.74) is 4.01. The van der Waals surface area contributed by atoms with Crippen molar-refractivity contribution in [2.75, 3.05) is 5.73 Å². The summed E-state index contributed by atoms with van der Waals surface area (Å²) in [7, 11) is 0. The van der Waals surface area contributed by atoms with E-state index in [0.29, 0.717) is 6.42 Å². The van der Waals surface area contributed by atoms with Gasteiger partial charge in [-0.15, -0.1) is 5.10 Å². The van der Waals surface area contributed by atoms with Crippen molar-refractivity contribution in [2.45, 2.75) is 39.5 Å². The molecule has 0 aliphatic heterocycles. The van der Waals surface area contributed by atoms with Crippen molar-refractivity contribution in [1.82, 2.24) is 19.7 Å². The van der Waals surface area contributed by atoms with E-state index >= 15 is 0 Å². The van der Waals surface area contributed by atoms with E-state index in [1.807, 2.05) is 20.8 Å². The number of benzene rings is 1. The van der Waals surface area contributed by atoms with E-state index in [1.165, 1.54) is 12.1 Å². The van der Waals surface area contributed by atoms with Gasteiger partial charge in [0, 0.05) is 0 Å². The van der Waals surface area contributed by atoms with Gasteiger partial charge in [-0.1, -0.05) is 38.4 Å². The molecule has 0 unspecified atom stereocenters. The van der Waals surface area contributed by atoms with E-state index in [1.54, 1.807) is 6.07 Å². The molecule has 0 amide bonds. The van der Waals surface area contributed by atoms with Gasteiger partial charge in [-0.25, -0.2) is 14.6 Å². The first-order valence-electron chi connectivity index (χ1n) is 8.43. The SMILES string of the molecule is CC.CCc1ccc(Cl)c(-n2nc3nc(C(F)(F)F)nc(C(F)(F)F)c3c2N)c1. The zero-order chi connectivity index (χ0) is 22.1. The molecule has 0 saturated heterocycles. The average molecular weight is 440 g/mol. The fourth-order valence-corrected chi connectivity index (χ4v) is 2.67. The van der Waals surface area contributed by atoms with Crippen LogP contribution in [-0.2, 0) is 18.8 Å². The van der Waals surface area contributed by atoms with Gasteiger partial charge in [-0.05, 0) is 24.1 Å². The van der Waals surface area contributed by atoms with E-state index < -0.39 is 40.7 Å².